The standard InChI is InChI=1S/C16H33N3O2.HI/c1-13(2)6-5-7-14(3)19-15(17)18-12-16(20-4)8-10-21-11-9-16;/h13-14H,5-12H2,1-4H3,(H3,17,18,19);1H. The van der Waals surface area contributed by atoms with Crippen molar-refractivity contribution < 1.29 is 9.47 Å². The molecule has 0 radical (unpaired) electrons. The van der Waals surface area contributed by atoms with Crippen LogP contribution in [0.1, 0.15) is 52.9 Å². The highest BCUT2D eigenvalue weighted by atomic mass is 127. The van der Waals surface area contributed by atoms with Crippen LogP contribution < -0.4 is 11.1 Å². The SMILES string of the molecule is COC1(CN=C(N)NC(C)CCCC(C)C)CCOCC1.I. The zero-order valence-corrected chi connectivity index (χ0v) is 16.9. The summed E-state index contributed by atoms with van der Waals surface area (Å²) in [6.07, 6.45) is 5.36. The number of rotatable bonds is 8. The van der Waals surface area contributed by atoms with Gasteiger partial charge in [0.25, 0.3) is 0 Å². The molecule has 0 aromatic carbocycles. The van der Waals surface area contributed by atoms with Crippen molar-refractivity contribution in [3.05, 3.63) is 0 Å². The maximum atomic E-state index is 5.99. The van der Waals surface area contributed by atoms with E-state index >= 15 is 0 Å². The third-order valence-corrected chi connectivity index (χ3v) is 4.19. The zero-order valence-electron chi connectivity index (χ0n) is 14.6. The van der Waals surface area contributed by atoms with Crippen molar-refractivity contribution in [3.63, 3.8) is 0 Å². The second kappa shape index (κ2) is 11.5. The number of hydrogen-bond acceptors (Lipinski definition) is 3. The van der Waals surface area contributed by atoms with Crippen molar-refractivity contribution in [2.45, 2.75) is 64.5 Å². The summed E-state index contributed by atoms with van der Waals surface area (Å²) < 4.78 is 11.0. The van der Waals surface area contributed by atoms with Crippen LogP contribution in [0.4, 0.5) is 0 Å². The van der Waals surface area contributed by atoms with Crippen LogP contribution in [0.2, 0.25) is 0 Å². The first kappa shape index (κ1) is 21.9. The van der Waals surface area contributed by atoms with E-state index in [2.05, 4.69) is 31.1 Å². The topological polar surface area (TPSA) is 68.9 Å². The minimum Gasteiger partial charge on any atom is -0.381 e. The van der Waals surface area contributed by atoms with Crippen molar-refractivity contribution in [2.24, 2.45) is 16.6 Å². The molecule has 0 saturated carbocycles. The number of aliphatic imine (C=N–C) groups is 1. The first-order valence-corrected chi connectivity index (χ1v) is 8.17. The molecular weight excluding hydrogens is 393 g/mol. The summed E-state index contributed by atoms with van der Waals surface area (Å²) >= 11 is 0. The monoisotopic (exact) mass is 427 g/mol. The molecule has 1 unspecified atom stereocenters. The Balaban J connectivity index is 0.00000441. The normalized spacial score (nSPS) is 19.6. The lowest BCUT2D eigenvalue weighted by Crippen LogP contribution is -2.44. The van der Waals surface area contributed by atoms with Crippen LogP contribution in [0.25, 0.3) is 0 Å². The first-order chi connectivity index (χ1) is 9.97. The predicted octanol–water partition coefficient (Wildman–Crippen LogP) is 2.92. The van der Waals surface area contributed by atoms with Crippen molar-refractivity contribution in [1.29, 1.82) is 0 Å². The lowest BCUT2D eigenvalue weighted by Gasteiger charge is -2.34. The predicted molar refractivity (Wildman–Crippen MR) is 103 cm³/mol. The van der Waals surface area contributed by atoms with Crippen molar-refractivity contribution in [2.75, 3.05) is 26.9 Å². The summed E-state index contributed by atoms with van der Waals surface area (Å²) in [4.78, 5) is 4.48. The van der Waals surface area contributed by atoms with E-state index < -0.39 is 0 Å². The van der Waals surface area contributed by atoms with Crippen LogP contribution in [0.15, 0.2) is 4.99 Å². The Labute approximate surface area is 152 Å². The van der Waals surface area contributed by atoms with E-state index in [0.29, 0.717) is 18.5 Å². The van der Waals surface area contributed by atoms with Crippen LogP contribution in [0.3, 0.4) is 0 Å². The number of guanidine groups is 1. The molecule has 1 aliphatic rings. The minimum atomic E-state index is -0.203. The molecule has 1 heterocycles. The quantitative estimate of drug-likeness (QED) is 0.355. The highest BCUT2D eigenvalue weighted by Gasteiger charge is 2.32. The molecule has 1 fully saturated rings. The molecule has 0 bridgehead atoms. The van der Waals surface area contributed by atoms with E-state index in [-0.39, 0.29) is 29.6 Å². The van der Waals surface area contributed by atoms with Gasteiger partial charge in [0.1, 0.15) is 0 Å². The molecule has 0 aliphatic carbocycles. The van der Waals surface area contributed by atoms with Gasteiger partial charge in [-0.05, 0) is 19.3 Å². The molecule has 1 saturated heterocycles. The van der Waals surface area contributed by atoms with Gasteiger partial charge in [-0.15, -0.1) is 24.0 Å². The van der Waals surface area contributed by atoms with Gasteiger partial charge in [-0.2, -0.15) is 0 Å². The highest BCUT2D eigenvalue weighted by Crippen LogP contribution is 2.24. The molecular formula is C16H34IN3O2. The first-order valence-electron chi connectivity index (χ1n) is 8.17. The summed E-state index contributed by atoms with van der Waals surface area (Å²) in [5.41, 5.74) is 5.79. The van der Waals surface area contributed by atoms with Crippen molar-refractivity contribution >= 4 is 29.9 Å². The van der Waals surface area contributed by atoms with Gasteiger partial charge in [-0.25, -0.2) is 0 Å². The molecule has 6 heteroatoms. The average molecular weight is 427 g/mol. The average Bonchev–Trinajstić information content (AvgIpc) is 2.46. The maximum Gasteiger partial charge on any atom is 0.188 e. The van der Waals surface area contributed by atoms with E-state index in [1.54, 1.807) is 7.11 Å². The molecule has 0 spiro atoms. The van der Waals surface area contributed by atoms with Crippen molar-refractivity contribution in [3.8, 4) is 0 Å². The number of halogens is 1. The van der Waals surface area contributed by atoms with Gasteiger partial charge in [-0.1, -0.05) is 26.7 Å². The number of hydrogen-bond donors (Lipinski definition) is 2. The third-order valence-electron chi connectivity index (χ3n) is 4.19. The fraction of sp³-hybridized carbons (Fsp3) is 0.938. The van der Waals surface area contributed by atoms with E-state index in [1.807, 2.05) is 0 Å². The Kier molecular flexibility index (Phi) is 11.4. The van der Waals surface area contributed by atoms with Gasteiger partial charge in [0.2, 0.25) is 0 Å². The summed E-state index contributed by atoms with van der Waals surface area (Å²) in [6, 6.07) is 0.362. The third kappa shape index (κ3) is 8.53. The molecule has 0 amide bonds. The molecule has 0 aromatic heterocycles. The molecule has 0 aromatic rings. The molecule has 22 heavy (non-hydrogen) atoms. The van der Waals surface area contributed by atoms with Gasteiger partial charge < -0.3 is 20.5 Å². The Morgan fingerprint density at radius 2 is 1.91 bits per heavy atom. The Morgan fingerprint density at radius 1 is 1.27 bits per heavy atom. The van der Waals surface area contributed by atoms with Crippen LogP contribution in [-0.4, -0.2) is 44.5 Å². The van der Waals surface area contributed by atoms with E-state index in [9.17, 15) is 0 Å². The maximum absolute atomic E-state index is 5.99. The molecule has 132 valence electrons. The largest absolute Gasteiger partial charge is 0.381 e. The van der Waals surface area contributed by atoms with Gasteiger partial charge >= 0.3 is 0 Å². The fourth-order valence-corrected chi connectivity index (χ4v) is 2.60. The van der Waals surface area contributed by atoms with Gasteiger partial charge in [0.05, 0.1) is 12.1 Å². The van der Waals surface area contributed by atoms with Crippen LogP contribution in [0.5, 0.6) is 0 Å². The number of nitrogens with zero attached hydrogens (tertiary/aromatic N) is 1. The van der Waals surface area contributed by atoms with E-state index in [0.717, 1.165) is 38.4 Å². The minimum absolute atomic E-state index is 0. The second-order valence-electron chi connectivity index (χ2n) is 6.57. The number of methoxy groups -OCH3 is 1. The number of ether oxygens (including phenoxy) is 2. The smallest absolute Gasteiger partial charge is 0.188 e. The number of nitrogens with two attached hydrogens (primary N) is 1. The summed E-state index contributed by atoms with van der Waals surface area (Å²) in [6.45, 7) is 8.75. The van der Waals surface area contributed by atoms with Crippen LogP contribution in [0, 0.1) is 5.92 Å². The lowest BCUT2D eigenvalue weighted by atomic mass is 9.94. The Bertz CT molecular complexity index is 319. The summed E-state index contributed by atoms with van der Waals surface area (Å²) in [7, 11) is 1.75. The number of nitrogens with one attached hydrogen (secondary N) is 1. The molecule has 5 nitrogen and oxygen atoms in total. The van der Waals surface area contributed by atoms with Gasteiger partial charge in [-0.3, -0.25) is 4.99 Å². The van der Waals surface area contributed by atoms with E-state index in [4.69, 9.17) is 15.2 Å². The second-order valence-corrected chi connectivity index (χ2v) is 6.57. The Hall–Kier alpha value is -0.0800. The molecule has 1 atom stereocenters. The molecule has 3 N–H and O–H groups in total. The zero-order chi connectivity index (χ0) is 15.7. The summed E-state index contributed by atoms with van der Waals surface area (Å²) in [5, 5.41) is 3.28. The van der Waals surface area contributed by atoms with E-state index in [1.165, 1.54) is 12.8 Å². The van der Waals surface area contributed by atoms with Crippen LogP contribution in [-0.2, 0) is 9.47 Å². The van der Waals surface area contributed by atoms with Crippen LogP contribution >= 0.6 is 24.0 Å². The highest BCUT2D eigenvalue weighted by molar-refractivity contribution is 14.0. The summed E-state index contributed by atoms with van der Waals surface area (Å²) in [5.74, 6) is 1.29. The fourth-order valence-electron chi connectivity index (χ4n) is 2.60. The molecule has 1 aliphatic heterocycles. The Morgan fingerprint density at radius 3 is 2.45 bits per heavy atom. The van der Waals surface area contributed by atoms with Crippen molar-refractivity contribution in [1.82, 2.24) is 5.32 Å². The van der Waals surface area contributed by atoms with Gasteiger partial charge in [0.15, 0.2) is 5.96 Å². The lowest BCUT2D eigenvalue weighted by molar-refractivity contribution is -0.0828. The van der Waals surface area contributed by atoms with Gasteiger partial charge in [0, 0.05) is 39.2 Å². The molecule has 1 rings (SSSR count).